The van der Waals surface area contributed by atoms with Crippen molar-refractivity contribution >= 4 is 40.2 Å². The minimum absolute atomic E-state index is 0.184. The van der Waals surface area contributed by atoms with Crippen molar-refractivity contribution in [3.05, 3.63) is 66.2 Å². The smallest absolute Gasteiger partial charge is 0.232 e. The quantitative estimate of drug-likeness (QED) is 0.402. The van der Waals surface area contributed by atoms with E-state index in [2.05, 4.69) is 30.2 Å². The van der Waals surface area contributed by atoms with Crippen LogP contribution in [0.1, 0.15) is 11.4 Å². The summed E-state index contributed by atoms with van der Waals surface area (Å²) in [5, 5.41) is 5.09. The first-order chi connectivity index (χ1) is 13.2. The predicted molar refractivity (Wildman–Crippen MR) is 108 cm³/mol. The molecule has 0 saturated heterocycles. The molecule has 0 unspecified atom stereocenters. The number of fused-ring (bicyclic) bond motifs is 1. The molecule has 0 spiro atoms. The molecule has 3 N–H and O–H groups in total. The summed E-state index contributed by atoms with van der Waals surface area (Å²) in [5.74, 6) is 1.73. The van der Waals surface area contributed by atoms with Crippen molar-refractivity contribution in [2.24, 2.45) is 0 Å². The van der Waals surface area contributed by atoms with Crippen molar-refractivity contribution < 1.29 is 0 Å². The van der Waals surface area contributed by atoms with Crippen LogP contribution in [0.3, 0.4) is 0 Å². The Kier molecular flexibility index (Phi) is 4.80. The van der Waals surface area contributed by atoms with Gasteiger partial charge in [-0.1, -0.05) is 48.2 Å². The SMILES string of the molecule is Cc1ccccc1Nc1nc(N)nc(CSc2ncnc3ccccc23)n1. The maximum absolute atomic E-state index is 5.87. The van der Waals surface area contributed by atoms with Gasteiger partial charge >= 0.3 is 0 Å². The number of nitrogens with one attached hydrogen (secondary N) is 1. The Bertz CT molecular complexity index is 1090. The van der Waals surface area contributed by atoms with Crippen molar-refractivity contribution in [2.75, 3.05) is 11.1 Å². The molecule has 0 aliphatic heterocycles. The number of hydrogen-bond acceptors (Lipinski definition) is 8. The molecule has 4 aromatic rings. The molecule has 0 aliphatic carbocycles. The van der Waals surface area contributed by atoms with Crippen molar-refractivity contribution in [1.29, 1.82) is 0 Å². The summed E-state index contributed by atoms with van der Waals surface area (Å²) in [7, 11) is 0. The highest BCUT2D eigenvalue weighted by Crippen LogP contribution is 2.27. The molecule has 7 nitrogen and oxygen atoms in total. The number of thioether (sulfide) groups is 1. The van der Waals surface area contributed by atoms with Crippen LogP contribution in [0, 0.1) is 6.92 Å². The Hall–Kier alpha value is -3.26. The second-order valence-corrected chi connectivity index (χ2v) is 6.82. The molecular weight excluding hydrogens is 358 g/mol. The molecule has 4 rings (SSSR count). The van der Waals surface area contributed by atoms with Gasteiger partial charge in [-0.2, -0.15) is 15.0 Å². The fourth-order valence-corrected chi connectivity index (χ4v) is 3.46. The van der Waals surface area contributed by atoms with Gasteiger partial charge in [0.15, 0.2) is 0 Å². The van der Waals surface area contributed by atoms with Crippen LogP contribution in [0.4, 0.5) is 17.6 Å². The van der Waals surface area contributed by atoms with Crippen LogP contribution in [0.2, 0.25) is 0 Å². The van der Waals surface area contributed by atoms with Crippen LogP contribution < -0.4 is 11.1 Å². The maximum Gasteiger partial charge on any atom is 0.232 e. The van der Waals surface area contributed by atoms with Crippen molar-refractivity contribution in [3.63, 3.8) is 0 Å². The van der Waals surface area contributed by atoms with Crippen LogP contribution in [-0.4, -0.2) is 24.9 Å². The Morgan fingerprint density at radius 2 is 1.78 bits per heavy atom. The molecule has 8 heteroatoms. The van der Waals surface area contributed by atoms with Gasteiger partial charge in [0.05, 0.1) is 11.3 Å². The van der Waals surface area contributed by atoms with Crippen LogP contribution in [-0.2, 0) is 5.75 Å². The summed E-state index contributed by atoms with van der Waals surface area (Å²) in [5.41, 5.74) is 8.81. The third-order valence-electron chi connectivity index (χ3n) is 3.93. The number of aryl methyl sites for hydroxylation is 1. The van der Waals surface area contributed by atoms with E-state index in [0.29, 0.717) is 17.5 Å². The molecule has 134 valence electrons. The molecule has 0 radical (unpaired) electrons. The number of nitrogen functional groups attached to an aromatic ring is 1. The highest BCUT2D eigenvalue weighted by Gasteiger charge is 2.09. The lowest BCUT2D eigenvalue weighted by Crippen LogP contribution is -2.07. The lowest BCUT2D eigenvalue weighted by molar-refractivity contribution is 0.979. The van der Waals surface area contributed by atoms with Gasteiger partial charge in [-0.15, -0.1) is 0 Å². The molecule has 0 fully saturated rings. The minimum atomic E-state index is 0.184. The average Bonchev–Trinajstić information content (AvgIpc) is 2.68. The van der Waals surface area contributed by atoms with Crippen LogP contribution >= 0.6 is 11.8 Å². The third-order valence-corrected chi connectivity index (χ3v) is 4.94. The highest BCUT2D eigenvalue weighted by atomic mass is 32.2. The second kappa shape index (κ2) is 7.55. The van der Waals surface area contributed by atoms with Crippen LogP contribution in [0.15, 0.2) is 59.9 Å². The molecule has 2 heterocycles. The van der Waals surface area contributed by atoms with Crippen LogP contribution in [0.25, 0.3) is 10.9 Å². The standard InChI is InChI=1S/C19H17N7S/c1-12-6-2-4-8-14(12)23-19-25-16(24-18(20)26-19)10-27-17-13-7-3-5-9-15(13)21-11-22-17/h2-9,11H,10H2,1H3,(H3,20,23,24,25,26). The highest BCUT2D eigenvalue weighted by molar-refractivity contribution is 7.98. The zero-order valence-electron chi connectivity index (χ0n) is 14.6. The van der Waals surface area contributed by atoms with E-state index in [0.717, 1.165) is 27.2 Å². The van der Waals surface area contributed by atoms with Crippen molar-refractivity contribution in [2.45, 2.75) is 17.7 Å². The van der Waals surface area contributed by atoms with Gasteiger partial charge in [0.2, 0.25) is 11.9 Å². The Morgan fingerprint density at radius 3 is 2.67 bits per heavy atom. The summed E-state index contributed by atoms with van der Waals surface area (Å²) >= 11 is 1.54. The lowest BCUT2D eigenvalue weighted by atomic mass is 10.2. The average molecular weight is 375 g/mol. The predicted octanol–water partition coefficient (Wildman–Crippen LogP) is 3.74. The first kappa shape index (κ1) is 17.2. The number of hydrogen-bond donors (Lipinski definition) is 2. The summed E-state index contributed by atoms with van der Waals surface area (Å²) in [6.07, 6.45) is 1.57. The van der Waals surface area contributed by atoms with Gasteiger partial charge in [-0.3, -0.25) is 0 Å². The molecule has 0 atom stereocenters. The van der Waals surface area contributed by atoms with E-state index in [-0.39, 0.29) is 5.95 Å². The molecule has 27 heavy (non-hydrogen) atoms. The maximum atomic E-state index is 5.87. The number of aromatic nitrogens is 5. The van der Waals surface area contributed by atoms with E-state index in [1.807, 2.05) is 55.5 Å². The number of nitrogens with zero attached hydrogens (tertiary/aromatic N) is 5. The van der Waals surface area contributed by atoms with E-state index in [4.69, 9.17) is 5.73 Å². The fourth-order valence-electron chi connectivity index (χ4n) is 2.62. The number of benzene rings is 2. The van der Waals surface area contributed by atoms with E-state index in [1.54, 1.807) is 18.1 Å². The van der Waals surface area contributed by atoms with E-state index in [1.165, 1.54) is 0 Å². The van der Waals surface area contributed by atoms with E-state index < -0.39 is 0 Å². The summed E-state index contributed by atoms with van der Waals surface area (Å²) in [6, 6.07) is 15.8. The van der Waals surface area contributed by atoms with E-state index >= 15 is 0 Å². The Labute approximate surface area is 160 Å². The number of anilines is 3. The first-order valence-corrected chi connectivity index (χ1v) is 9.33. The topological polar surface area (TPSA) is 102 Å². The molecule has 0 aliphatic rings. The van der Waals surface area contributed by atoms with Gasteiger partial charge in [0.1, 0.15) is 17.2 Å². The van der Waals surface area contributed by atoms with Crippen molar-refractivity contribution in [1.82, 2.24) is 24.9 Å². The number of rotatable bonds is 5. The number of nitrogens with two attached hydrogens (primary N) is 1. The number of para-hydroxylation sites is 2. The minimum Gasteiger partial charge on any atom is -0.368 e. The van der Waals surface area contributed by atoms with Crippen molar-refractivity contribution in [3.8, 4) is 0 Å². The Morgan fingerprint density at radius 1 is 0.963 bits per heavy atom. The summed E-state index contributed by atoms with van der Waals surface area (Å²) in [6.45, 7) is 2.02. The van der Waals surface area contributed by atoms with Gasteiger partial charge in [-0.05, 0) is 24.6 Å². The summed E-state index contributed by atoms with van der Waals surface area (Å²) < 4.78 is 0. The fraction of sp³-hybridized carbons (Fsp3) is 0.105. The molecule has 0 amide bonds. The molecule has 0 saturated carbocycles. The zero-order chi connectivity index (χ0) is 18.6. The molecule has 0 bridgehead atoms. The molecular formula is C19H17N7S. The first-order valence-electron chi connectivity index (χ1n) is 8.34. The monoisotopic (exact) mass is 375 g/mol. The van der Waals surface area contributed by atoms with Gasteiger partial charge in [-0.25, -0.2) is 9.97 Å². The normalized spacial score (nSPS) is 10.9. The molecule has 2 aromatic carbocycles. The van der Waals surface area contributed by atoms with Crippen LogP contribution in [0.5, 0.6) is 0 Å². The van der Waals surface area contributed by atoms with Gasteiger partial charge in [0, 0.05) is 11.1 Å². The van der Waals surface area contributed by atoms with Gasteiger partial charge < -0.3 is 11.1 Å². The van der Waals surface area contributed by atoms with E-state index in [9.17, 15) is 0 Å². The lowest BCUT2D eigenvalue weighted by Gasteiger charge is -2.09. The largest absolute Gasteiger partial charge is 0.368 e. The second-order valence-electron chi connectivity index (χ2n) is 5.86. The van der Waals surface area contributed by atoms with Gasteiger partial charge in [0.25, 0.3) is 0 Å². The third kappa shape index (κ3) is 3.95. The molecule has 2 aromatic heterocycles. The zero-order valence-corrected chi connectivity index (χ0v) is 15.4. The Balaban J connectivity index is 1.56. The summed E-state index contributed by atoms with van der Waals surface area (Å²) in [4.78, 5) is 21.6.